The summed E-state index contributed by atoms with van der Waals surface area (Å²) < 4.78 is 0. The summed E-state index contributed by atoms with van der Waals surface area (Å²) >= 11 is 0. The zero-order chi connectivity index (χ0) is 11.5. The first-order chi connectivity index (χ1) is 7.70. The molecule has 2 heterocycles. The second-order valence-corrected chi connectivity index (χ2v) is 4.34. The summed E-state index contributed by atoms with van der Waals surface area (Å²) in [6.07, 6.45) is 1.83. The van der Waals surface area contributed by atoms with Gasteiger partial charge < -0.3 is 9.80 Å². The molecule has 0 radical (unpaired) electrons. The summed E-state index contributed by atoms with van der Waals surface area (Å²) in [5.74, 6) is 1.07. The van der Waals surface area contributed by atoms with Crippen molar-refractivity contribution in [2.24, 2.45) is 0 Å². The Balaban J connectivity index is 2.10. The van der Waals surface area contributed by atoms with Gasteiger partial charge in [-0.05, 0) is 20.4 Å². The minimum absolute atomic E-state index is 0.999. The number of piperazine rings is 1. The van der Waals surface area contributed by atoms with E-state index in [1.807, 2.05) is 20.0 Å². The van der Waals surface area contributed by atoms with Crippen molar-refractivity contribution in [2.45, 2.75) is 20.8 Å². The molecule has 0 amide bonds. The number of rotatable bonds is 2. The Morgan fingerprint density at radius 2 is 1.88 bits per heavy atom. The maximum Gasteiger partial charge on any atom is 0.150 e. The van der Waals surface area contributed by atoms with Gasteiger partial charge >= 0.3 is 0 Å². The molecule has 0 bridgehead atoms. The van der Waals surface area contributed by atoms with Gasteiger partial charge in [0.05, 0.1) is 11.4 Å². The molecule has 88 valence electrons. The molecule has 1 aromatic heterocycles. The predicted octanol–water partition coefficient (Wildman–Crippen LogP) is 1.24. The fraction of sp³-hybridized carbons (Fsp3) is 0.667. The Hall–Kier alpha value is -1.16. The fourth-order valence-electron chi connectivity index (χ4n) is 2.10. The summed E-state index contributed by atoms with van der Waals surface area (Å²) in [5, 5.41) is 0. The smallest absolute Gasteiger partial charge is 0.150 e. The molecule has 0 aliphatic carbocycles. The molecule has 1 aliphatic rings. The first kappa shape index (κ1) is 11.3. The van der Waals surface area contributed by atoms with E-state index in [2.05, 4.69) is 26.7 Å². The third-order valence-electron chi connectivity index (χ3n) is 3.17. The SMILES string of the molecule is CCN1CCN(c2nc(C)cnc2C)CC1. The van der Waals surface area contributed by atoms with E-state index in [9.17, 15) is 0 Å². The maximum atomic E-state index is 4.59. The standard InChI is InChI=1S/C12H20N4/c1-4-15-5-7-16(8-6-15)12-11(3)13-9-10(2)14-12/h9H,4-8H2,1-3H3. The largest absolute Gasteiger partial charge is 0.353 e. The van der Waals surface area contributed by atoms with E-state index in [0.717, 1.165) is 49.9 Å². The van der Waals surface area contributed by atoms with E-state index in [-0.39, 0.29) is 0 Å². The van der Waals surface area contributed by atoms with E-state index < -0.39 is 0 Å². The molecule has 1 aromatic rings. The van der Waals surface area contributed by atoms with Crippen molar-refractivity contribution >= 4 is 5.82 Å². The van der Waals surface area contributed by atoms with Crippen molar-refractivity contribution in [1.29, 1.82) is 0 Å². The molecule has 1 aliphatic heterocycles. The lowest BCUT2D eigenvalue weighted by Gasteiger charge is -2.35. The fourth-order valence-corrected chi connectivity index (χ4v) is 2.10. The molecular weight excluding hydrogens is 200 g/mol. The Kier molecular flexibility index (Phi) is 3.39. The van der Waals surface area contributed by atoms with Gasteiger partial charge in [0.15, 0.2) is 0 Å². The van der Waals surface area contributed by atoms with E-state index >= 15 is 0 Å². The number of likely N-dealkylation sites (N-methyl/N-ethyl adjacent to an activating group) is 1. The zero-order valence-corrected chi connectivity index (χ0v) is 10.4. The lowest BCUT2D eigenvalue weighted by molar-refractivity contribution is 0.270. The van der Waals surface area contributed by atoms with E-state index in [0.29, 0.717) is 0 Å². The highest BCUT2D eigenvalue weighted by Crippen LogP contribution is 2.17. The van der Waals surface area contributed by atoms with Gasteiger partial charge in [-0.1, -0.05) is 6.92 Å². The van der Waals surface area contributed by atoms with Crippen molar-refractivity contribution in [2.75, 3.05) is 37.6 Å². The summed E-state index contributed by atoms with van der Waals surface area (Å²) in [5.41, 5.74) is 2.04. The molecule has 16 heavy (non-hydrogen) atoms. The van der Waals surface area contributed by atoms with Crippen LogP contribution < -0.4 is 4.90 Å². The Morgan fingerprint density at radius 1 is 1.19 bits per heavy atom. The van der Waals surface area contributed by atoms with E-state index in [4.69, 9.17) is 0 Å². The van der Waals surface area contributed by atoms with Gasteiger partial charge in [-0.2, -0.15) is 0 Å². The van der Waals surface area contributed by atoms with Crippen LogP contribution in [0.2, 0.25) is 0 Å². The van der Waals surface area contributed by atoms with Crippen molar-refractivity contribution in [3.63, 3.8) is 0 Å². The quantitative estimate of drug-likeness (QED) is 0.750. The summed E-state index contributed by atoms with van der Waals surface area (Å²) in [7, 11) is 0. The third-order valence-corrected chi connectivity index (χ3v) is 3.17. The van der Waals surface area contributed by atoms with Crippen LogP contribution in [0.1, 0.15) is 18.3 Å². The molecule has 4 heteroatoms. The van der Waals surface area contributed by atoms with Crippen molar-refractivity contribution in [3.8, 4) is 0 Å². The molecule has 0 unspecified atom stereocenters. The van der Waals surface area contributed by atoms with Crippen LogP contribution in [0, 0.1) is 13.8 Å². The number of aromatic nitrogens is 2. The first-order valence-corrected chi connectivity index (χ1v) is 5.98. The lowest BCUT2D eigenvalue weighted by Crippen LogP contribution is -2.46. The minimum atomic E-state index is 0.999. The highest BCUT2D eigenvalue weighted by atomic mass is 15.3. The van der Waals surface area contributed by atoms with Crippen LogP contribution in [0.15, 0.2) is 6.20 Å². The first-order valence-electron chi connectivity index (χ1n) is 5.98. The molecular formula is C12H20N4. The second kappa shape index (κ2) is 4.78. The number of hydrogen-bond acceptors (Lipinski definition) is 4. The lowest BCUT2D eigenvalue weighted by atomic mass is 10.3. The monoisotopic (exact) mass is 220 g/mol. The number of anilines is 1. The average molecular weight is 220 g/mol. The predicted molar refractivity (Wildman–Crippen MR) is 65.8 cm³/mol. The number of aryl methyl sites for hydroxylation is 2. The maximum absolute atomic E-state index is 4.59. The molecule has 1 fully saturated rings. The molecule has 0 atom stereocenters. The van der Waals surface area contributed by atoms with Crippen molar-refractivity contribution in [3.05, 3.63) is 17.6 Å². The Morgan fingerprint density at radius 3 is 2.50 bits per heavy atom. The molecule has 0 N–H and O–H groups in total. The molecule has 0 spiro atoms. The van der Waals surface area contributed by atoms with Gasteiger partial charge in [0, 0.05) is 32.4 Å². The summed E-state index contributed by atoms with van der Waals surface area (Å²) in [6, 6.07) is 0. The van der Waals surface area contributed by atoms with Crippen LogP contribution in [0.4, 0.5) is 5.82 Å². The van der Waals surface area contributed by atoms with Crippen LogP contribution in [-0.4, -0.2) is 47.6 Å². The third kappa shape index (κ3) is 2.32. The molecule has 0 aromatic carbocycles. The zero-order valence-electron chi connectivity index (χ0n) is 10.4. The molecule has 0 saturated carbocycles. The highest BCUT2D eigenvalue weighted by Gasteiger charge is 2.18. The second-order valence-electron chi connectivity index (χ2n) is 4.34. The van der Waals surface area contributed by atoms with Crippen LogP contribution in [0.25, 0.3) is 0 Å². The minimum Gasteiger partial charge on any atom is -0.353 e. The van der Waals surface area contributed by atoms with Crippen LogP contribution >= 0.6 is 0 Å². The van der Waals surface area contributed by atoms with Crippen LogP contribution in [0.5, 0.6) is 0 Å². The Bertz CT molecular complexity index is 356. The summed E-state index contributed by atoms with van der Waals surface area (Å²) in [4.78, 5) is 13.8. The van der Waals surface area contributed by atoms with Crippen LogP contribution in [0.3, 0.4) is 0 Å². The van der Waals surface area contributed by atoms with Crippen molar-refractivity contribution in [1.82, 2.24) is 14.9 Å². The molecule has 2 rings (SSSR count). The molecule has 4 nitrogen and oxygen atoms in total. The number of hydrogen-bond donors (Lipinski definition) is 0. The Labute approximate surface area is 97.3 Å². The van der Waals surface area contributed by atoms with Gasteiger partial charge in [-0.15, -0.1) is 0 Å². The average Bonchev–Trinajstić information content (AvgIpc) is 2.32. The van der Waals surface area contributed by atoms with E-state index in [1.165, 1.54) is 0 Å². The van der Waals surface area contributed by atoms with Gasteiger partial charge in [-0.25, -0.2) is 4.98 Å². The topological polar surface area (TPSA) is 32.3 Å². The normalized spacial score (nSPS) is 17.8. The van der Waals surface area contributed by atoms with Gasteiger partial charge in [0.25, 0.3) is 0 Å². The highest BCUT2D eigenvalue weighted by molar-refractivity contribution is 5.43. The van der Waals surface area contributed by atoms with E-state index in [1.54, 1.807) is 0 Å². The van der Waals surface area contributed by atoms with Crippen LogP contribution in [-0.2, 0) is 0 Å². The van der Waals surface area contributed by atoms with Gasteiger partial charge in [0.1, 0.15) is 5.82 Å². The molecule has 1 saturated heterocycles. The van der Waals surface area contributed by atoms with Gasteiger partial charge in [0.2, 0.25) is 0 Å². The number of nitrogens with zero attached hydrogens (tertiary/aromatic N) is 4. The van der Waals surface area contributed by atoms with Gasteiger partial charge in [-0.3, -0.25) is 4.98 Å². The van der Waals surface area contributed by atoms with Crippen molar-refractivity contribution < 1.29 is 0 Å². The summed E-state index contributed by atoms with van der Waals surface area (Å²) in [6.45, 7) is 11.8.